The van der Waals surface area contributed by atoms with Gasteiger partial charge in [0.15, 0.2) is 0 Å². The minimum atomic E-state index is -0.228. The van der Waals surface area contributed by atoms with Gasteiger partial charge in [-0.15, -0.1) is 0 Å². The molecule has 0 radical (unpaired) electrons. The molecule has 1 heterocycles. The maximum atomic E-state index is 9.58. The van der Waals surface area contributed by atoms with Gasteiger partial charge in [-0.1, -0.05) is 19.8 Å². The SMILES string of the molecule is CCNC1(C#N)CCCC1CCN1CCCCC1C. The fourth-order valence-electron chi connectivity index (χ4n) is 4.01. The van der Waals surface area contributed by atoms with E-state index in [9.17, 15) is 5.26 Å². The first-order valence-electron chi connectivity index (χ1n) is 8.12. The average molecular weight is 263 g/mol. The smallest absolute Gasteiger partial charge is 0.109 e. The molecule has 0 bridgehead atoms. The van der Waals surface area contributed by atoms with Crippen LogP contribution in [0, 0.1) is 17.2 Å². The first-order valence-corrected chi connectivity index (χ1v) is 8.12. The van der Waals surface area contributed by atoms with Gasteiger partial charge >= 0.3 is 0 Å². The highest BCUT2D eigenvalue weighted by Gasteiger charge is 2.42. The monoisotopic (exact) mass is 263 g/mol. The molecule has 1 saturated carbocycles. The van der Waals surface area contributed by atoms with Crippen LogP contribution >= 0.6 is 0 Å². The second-order valence-electron chi connectivity index (χ2n) is 6.37. The first kappa shape index (κ1) is 14.8. The van der Waals surface area contributed by atoms with E-state index in [4.69, 9.17) is 0 Å². The number of hydrogen-bond donors (Lipinski definition) is 1. The lowest BCUT2D eigenvalue weighted by atomic mass is 9.85. The molecule has 0 aromatic rings. The van der Waals surface area contributed by atoms with E-state index >= 15 is 0 Å². The van der Waals surface area contributed by atoms with E-state index in [1.165, 1.54) is 51.6 Å². The summed E-state index contributed by atoms with van der Waals surface area (Å²) in [5.41, 5.74) is -0.228. The lowest BCUT2D eigenvalue weighted by Crippen LogP contribution is -2.48. The topological polar surface area (TPSA) is 39.1 Å². The number of piperidine rings is 1. The van der Waals surface area contributed by atoms with Crippen molar-refractivity contribution < 1.29 is 0 Å². The standard InChI is InChI=1S/C16H29N3/c1-3-18-16(13-17)10-6-8-15(16)9-12-19-11-5-4-7-14(19)2/h14-15,18H,3-12H2,1-2H3. The van der Waals surface area contributed by atoms with E-state index in [2.05, 4.69) is 30.1 Å². The van der Waals surface area contributed by atoms with Gasteiger partial charge < -0.3 is 4.90 Å². The Morgan fingerprint density at radius 2 is 2.16 bits per heavy atom. The number of nitrogens with zero attached hydrogens (tertiary/aromatic N) is 2. The Bertz CT molecular complexity index is 322. The van der Waals surface area contributed by atoms with Crippen molar-refractivity contribution in [3.63, 3.8) is 0 Å². The summed E-state index contributed by atoms with van der Waals surface area (Å²) in [4.78, 5) is 2.63. The van der Waals surface area contributed by atoms with Crippen LogP contribution < -0.4 is 5.32 Å². The molecule has 2 rings (SSSR count). The Morgan fingerprint density at radius 3 is 2.84 bits per heavy atom. The van der Waals surface area contributed by atoms with Crippen molar-refractivity contribution in [2.45, 2.75) is 70.4 Å². The number of rotatable bonds is 5. The van der Waals surface area contributed by atoms with Gasteiger partial charge in [-0.2, -0.15) is 5.26 Å². The van der Waals surface area contributed by atoms with Crippen molar-refractivity contribution in [3.05, 3.63) is 0 Å². The van der Waals surface area contributed by atoms with Gasteiger partial charge in [0.1, 0.15) is 5.54 Å². The third-order valence-corrected chi connectivity index (χ3v) is 5.22. The van der Waals surface area contributed by atoms with Gasteiger partial charge in [0, 0.05) is 6.04 Å². The van der Waals surface area contributed by atoms with Crippen molar-refractivity contribution in [2.24, 2.45) is 5.92 Å². The lowest BCUT2D eigenvalue weighted by Gasteiger charge is -2.36. The Labute approximate surface area is 118 Å². The van der Waals surface area contributed by atoms with Crippen LogP contribution in [-0.4, -0.2) is 36.1 Å². The highest BCUT2D eigenvalue weighted by molar-refractivity contribution is 5.14. The second kappa shape index (κ2) is 6.72. The molecule has 0 amide bonds. The zero-order chi connectivity index (χ0) is 13.7. The summed E-state index contributed by atoms with van der Waals surface area (Å²) >= 11 is 0. The maximum absolute atomic E-state index is 9.58. The lowest BCUT2D eigenvalue weighted by molar-refractivity contribution is 0.142. The van der Waals surface area contributed by atoms with E-state index in [1.54, 1.807) is 0 Å². The molecular weight excluding hydrogens is 234 g/mol. The molecule has 3 heteroatoms. The highest BCUT2D eigenvalue weighted by atomic mass is 15.2. The summed E-state index contributed by atoms with van der Waals surface area (Å²) in [6.07, 6.45) is 8.75. The van der Waals surface area contributed by atoms with Crippen molar-refractivity contribution in [3.8, 4) is 6.07 Å². The van der Waals surface area contributed by atoms with Gasteiger partial charge in [-0.05, 0) is 64.6 Å². The van der Waals surface area contributed by atoms with E-state index < -0.39 is 0 Å². The van der Waals surface area contributed by atoms with Crippen molar-refractivity contribution >= 4 is 0 Å². The second-order valence-corrected chi connectivity index (χ2v) is 6.37. The molecular formula is C16H29N3. The number of hydrogen-bond acceptors (Lipinski definition) is 3. The molecule has 1 saturated heterocycles. The van der Waals surface area contributed by atoms with Crippen LogP contribution in [0.15, 0.2) is 0 Å². The van der Waals surface area contributed by atoms with E-state index in [0.29, 0.717) is 5.92 Å². The van der Waals surface area contributed by atoms with Crippen molar-refractivity contribution in [2.75, 3.05) is 19.6 Å². The Kier molecular flexibility index (Phi) is 5.24. The summed E-state index contributed by atoms with van der Waals surface area (Å²) in [6, 6.07) is 3.34. The molecule has 0 spiro atoms. The summed E-state index contributed by atoms with van der Waals surface area (Å²) < 4.78 is 0. The zero-order valence-corrected chi connectivity index (χ0v) is 12.6. The Hall–Kier alpha value is -0.590. The Balaban J connectivity index is 1.89. The summed E-state index contributed by atoms with van der Waals surface area (Å²) in [5, 5.41) is 13.1. The van der Waals surface area contributed by atoms with Gasteiger partial charge in [-0.3, -0.25) is 5.32 Å². The van der Waals surface area contributed by atoms with Crippen LogP contribution in [0.25, 0.3) is 0 Å². The average Bonchev–Trinajstić information content (AvgIpc) is 2.82. The summed E-state index contributed by atoms with van der Waals surface area (Å²) in [7, 11) is 0. The molecule has 3 atom stereocenters. The van der Waals surface area contributed by atoms with Crippen molar-refractivity contribution in [1.82, 2.24) is 10.2 Å². The minimum absolute atomic E-state index is 0.228. The van der Waals surface area contributed by atoms with E-state index in [1.807, 2.05) is 0 Å². The van der Waals surface area contributed by atoms with Gasteiger partial charge in [-0.25, -0.2) is 0 Å². The molecule has 0 aromatic heterocycles. The van der Waals surface area contributed by atoms with Crippen LogP contribution in [0.3, 0.4) is 0 Å². The predicted molar refractivity (Wildman–Crippen MR) is 78.9 cm³/mol. The highest BCUT2D eigenvalue weighted by Crippen LogP contribution is 2.38. The normalized spacial score (nSPS) is 36.3. The minimum Gasteiger partial charge on any atom is -0.301 e. The molecule has 2 fully saturated rings. The third-order valence-electron chi connectivity index (χ3n) is 5.22. The number of nitriles is 1. The summed E-state index contributed by atoms with van der Waals surface area (Å²) in [5.74, 6) is 0.548. The largest absolute Gasteiger partial charge is 0.301 e. The van der Waals surface area contributed by atoms with Gasteiger partial charge in [0.2, 0.25) is 0 Å². The van der Waals surface area contributed by atoms with Crippen LogP contribution in [-0.2, 0) is 0 Å². The quantitative estimate of drug-likeness (QED) is 0.829. The fourth-order valence-corrected chi connectivity index (χ4v) is 4.01. The number of likely N-dealkylation sites (tertiary alicyclic amines) is 1. The maximum Gasteiger partial charge on any atom is 0.109 e. The molecule has 108 valence electrons. The molecule has 1 N–H and O–H groups in total. The van der Waals surface area contributed by atoms with Gasteiger partial charge in [0.05, 0.1) is 6.07 Å². The van der Waals surface area contributed by atoms with Crippen molar-refractivity contribution in [1.29, 1.82) is 5.26 Å². The van der Waals surface area contributed by atoms with E-state index in [0.717, 1.165) is 19.0 Å². The van der Waals surface area contributed by atoms with Gasteiger partial charge in [0.25, 0.3) is 0 Å². The van der Waals surface area contributed by atoms with Crippen LogP contribution in [0.4, 0.5) is 0 Å². The number of nitrogens with one attached hydrogen (secondary N) is 1. The molecule has 2 aliphatic rings. The first-order chi connectivity index (χ1) is 9.22. The summed E-state index contributed by atoms with van der Waals surface area (Å²) in [6.45, 7) is 7.82. The molecule has 3 unspecified atom stereocenters. The van der Waals surface area contributed by atoms with E-state index in [-0.39, 0.29) is 5.54 Å². The van der Waals surface area contributed by atoms with Crippen LogP contribution in [0.5, 0.6) is 0 Å². The molecule has 1 aliphatic carbocycles. The predicted octanol–water partition coefficient (Wildman–Crippen LogP) is 2.92. The molecule has 19 heavy (non-hydrogen) atoms. The molecule has 3 nitrogen and oxygen atoms in total. The zero-order valence-electron chi connectivity index (χ0n) is 12.6. The molecule has 1 aliphatic heterocycles. The van der Waals surface area contributed by atoms with Crippen LogP contribution in [0.2, 0.25) is 0 Å². The third kappa shape index (κ3) is 3.30. The Morgan fingerprint density at radius 1 is 1.32 bits per heavy atom. The molecule has 0 aromatic carbocycles. The van der Waals surface area contributed by atoms with Crippen LogP contribution in [0.1, 0.15) is 58.8 Å². The fraction of sp³-hybridized carbons (Fsp3) is 0.938.